The lowest BCUT2D eigenvalue weighted by atomic mass is 10.1. The molecular weight excluding hydrogens is 237 g/mol. The van der Waals surface area contributed by atoms with E-state index in [1.165, 1.54) is 17.9 Å². The summed E-state index contributed by atoms with van der Waals surface area (Å²) in [5.74, 6) is 2.06. The van der Waals surface area contributed by atoms with Crippen LogP contribution in [0.4, 0.5) is 4.39 Å². The molecule has 0 spiro atoms. The summed E-state index contributed by atoms with van der Waals surface area (Å²) in [4.78, 5) is 14.2. The van der Waals surface area contributed by atoms with E-state index in [1.807, 2.05) is 11.8 Å². The molecule has 0 saturated carbocycles. The van der Waals surface area contributed by atoms with E-state index in [0.717, 1.165) is 25.3 Å². The lowest BCUT2D eigenvalue weighted by Crippen LogP contribution is -2.31. The number of hydrogen-bond donors (Lipinski definition) is 0. The molecule has 0 bridgehead atoms. The molecule has 2 rings (SSSR count). The number of rotatable bonds is 3. The summed E-state index contributed by atoms with van der Waals surface area (Å²) in [6, 6.07) is 5.80. The van der Waals surface area contributed by atoms with Gasteiger partial charge in [0.25, 0.3) is 0 Å². The van der Waals surface area contributed by atoms with Crippen LogP contribution in [0.1, 0.15) is 16.8 Å². The molecule has 17 heavy (non-hydrogen) atoms. The molecule has 1 fully saturated rings. The number of hydrogen-bond acceptors (Lipinski definition) is 3. The van der Waals surface area contributed by atoms with Gasteiger partial charge in [-0.05, 0) is 43.0 Å². The van der Waals surface area contributed by atoms with Crippen LogP contribution in [0.25, 0.3) is 0 Å². The van der Waals surface area contributed by atoms with Gasteiger partial charge in [-0.25, -0.2) is 4.39 Å². The van der Waals surface area contributed by atoms with Crippen LogP contribution in [-0.4, -0.2) is 41.8 Å². The Morgan fingerprint density at radius 3 is 2.76 bits per heavy atom. The third-order valence-corrected chi connectivity index (χ3v) is 3.90. The number of benzene rings is 1. The molecule has 1 saturated heterocycles. The minimum Gasteiger partial charge on any atom is -0.295 e. The maximum absolute atomic E-state index is 12.7. The first-order chi connectivity index (χ1) is 8.25. The van der Waals surface area contributed by atoms with E-state index < -0.39 is 0 Å². The average Bonchev–Trinajstić information content (AvgIpc) is 2.58. The first-order valence-corrected chi connectivity index (χ1v) is 7.00. The lowest BCUT2D eigenvalue weighted by Gasteiger charge is -2.18. The third-order valence-electron chi connectivity index (χ3n) is 2.85. The second-order valence-corrected chi connectivity index (χ2v) is 5.40. The van der Waals surface area contributed by atoms with Crippen LogP contribution in [0.3, 0.4) is 0 Å². The lowest BCUT2D eigenvalue weighted by molar-refractivity contribution is 0.0936. The van der Waals surface area contributed by atoms with Crippen molar-refractivity contribution in [1.82, 2.24) is 4.90 Å². The van der Waals surface area contributed by atoms with Gasteiger partial charge in [0.15, 0.2) is 5.78 Å². The molecule has 92 valence electrons. The van der Waals surface area contributed by atoms with Crippen molar-refractivity contribution in [2.75, 3.05) is 31.1 Å². The second-order valence-electron chi connectivity index (χ2n) is 4.17. The van der Waals surface area contributed by atoms with E-state index in [9.17, 15) is 9.18 Å². The predicted octanol–water partition coefficient (Wildman–Crippen LogP) is 2.45. The largest absolute Gasteiger partial charge is 0.295 e. The number of ketones is 1. The summed E-state index contributed by atoms with van der Waals surface area (Å²) in [5.41, 5.74) is 0.600. The number of halogens is 1. The highest BCUT2D eigenvalue weighted by molar-refractivity contribution is 7.99. The number of thioether (sulfide) groups is 1. The maximum Gasteiger partial charge on any atom is 0.176 e. The van der Waals surface area contributed by atoms with Gasteiger partial charge in [0, 0.05) is 17.9 Å². The number of nitrogens with zero attached hydrogens (tertiary/aromatic N) is 1. The zero-order valence-corrected chi connectivity index (χ0v) is 10.5. The highest BCUT2D eigenvalue weighted by atomic mass is 32.2. The Morgan fingerprint density at radius 2 is 2.00 bits per heavy atom. The van der Waals surface area contributed by atoms with Crippen molar-refractivity contribution in [1.29, 1.82) is 0 Å². The normalized spacial score (nSPS) is 17.7. The molecule has 0 unspecified atom stereocenters. The molecule has 0 atom stereocenters. The third kappa shape index (κ3) is 3.82. The van der Waals surface area contributed by atoms with E-state index in [0.29, 0.717) is 12.1 Å². The van der Waals surface area contributed by atoms with Crippen LogP contribution < -0.4 is 0 Å². The molecule has 0 amide bonds. The average molecular weight is 253 g/mol. The quantitative estimate of drug-likeness (QED) is 0.772. The number of carbonyl (C=O) groups excluding carboxylic acids is 1. The Kier molecular flexibility index (Phi) is 4.57. The Balaban J connectivity index is 1.93. The van der Waals surface area contributed by atoms with Gasteiger partial charge >= 0.3 is 0 Å². The standard InChI is InChI=1S/C13H16FNOS/c14-12-4-2-11(3-5-12)13(16)10-15-6-1-8-17-9-7-15/h2-5H,1,6-10H2. The fourth-order valence-corrected chi connectivity index (χ4v) is 2.81. The number of carbonyl (C=O) groups is 1. The summed E-state index contributed by atoms with van der Waals surface area (Å²) < 4.78 is 12.7. The molecule has 1 aromatic rings. The molecule has 0 aromatic heterocycles. The minimum absolute atomic E-state index is 0.0805. The maximum atomic E-state index is 12.7. The summed E-state index contributed by atoms with van der Waals surface area (Å²) >= 11 is 1.94. The van der Waals surface area contributed by atoms with Gasteiger partial charge in [0.05, 0.1) is 6.54 Å². The molecule has 1 aromatic carbocycles. The van der Waals surface area contributed by atoms with Crippen LogP contribution in [0, 0.1) is 5.82 Å². The Bertz CT molecular complexity index is 372. The van der Waals surface area contributed by atoms with Crippen LogP contribution in [0.2, 0.25) is 0 Å². The van der Waals surface area contributed by atoms with E-state index in [1.54, 1.807) is 12.1 Å². The topological polar surface area (TPSA) is 20.3 Å². The molecule has 2 nitrogen and oxygen atoms in total. The zero-order chi connectivity index (χ0) is 12.1. The first kappa shape index (κ1) is 12.6. The first-order valence-electron chi connectivity index (χ1n) is 5.84. The molecule has 1 heterocycles. The Morgan fingerprint density at radius 1 is 1.24 bits per heavy atom. The van der Waals surface area contributed by atoms with Crippen LogP contribution >= 0.6 is 11.8 Å². The zero-order valence-electron chi connectivity index (χ0n) is 9.69. The Hall–Kier alpha value is -0.870. The summed E-state index contributed by atoms with van der Waals surface area (Å²) in [7, 11) is 0. The minimum atomic E-state index is -0.298. The smallest absolute Gasteiger partial charge is 0.176 e. The van der Waals surface area contributed by atoms with Crippen LogP contribution in [0.15, 0.2) is 24.3 Å². The highest BCUT2D eigenvalue weighted by Crippen LogP contribution is 2.11. The van der Waals surface area contributed by atoms with Crippen molar-refractivity contribution in [2.24, 2.45) is 0 Å². The van der Waals surface area contributed by atoms with Crippen LogP contribution in [-0.2, 0) is 0 Å². The van der Waals surface area contributed by atoms with Gasteiger partial charge < -0.3 is 0 Å². The molecule has 1 aliphatic heterocycles. The second kappa shape index (κ2) is 6.17. The van der Waals surface area contributed by atoms with Crippen molar-refractivity contribution < 1.29 is 9.18 Å². The fraction of sp³-hybridized carbons (Fsp3) is 0.462. The van der Waals surface area contributed by atoms with E-state index in [-0.39, 0.29) is 11.6 Å². The van der Waals surface area contributed by atoms with Crippen LogP contribution in [0.5, 0.6) is 0 Å². The molecule has 0 N–H and O–H groups in total. The van der Waals surface area contributed by atoms with Gasteiger partial charge in [-0.3, -0.25) is 9.69 Å². The van der Waals surface area contributed by atoms with E-state index in [4.69, 9.17) is 0 Å². The van der Waals surface area contributed by atoms with E-state index in [2.05, 4.69) is 4.90 Å². The number of Topliss-reactive ketones (excluding diaryl/α,β-unsaturated/α-hetero) is 1. The van der Waals surface area contributed by atoms with Crippen molar-refractivity contribution in [3.05, 3.63) is 35.6 Å². The molecular formula is C13H16FNOS. The summed E-state index contributed by atoms with van der Waals surface area (Å²) in [6.45, 7) is 2.41. The van der Waals surface area contributed by atoms with Gasteiger partial charge in [0.2, 0.25) is 0 Å². The van der Waals surface area contributed by atoms with Gasteiger partial charge in [0.1, 0.15) is 5.82 Å². The summed E-state index contributed by atoms with van der Waals surface area (Å²) in [5, 5.41) is 0. The molecule has 0 aliphatic carbocycles. The Labute approximate surface area is 105 Å². The van der Waals surface area contributed by atoms with Gasteiger partial charge in [-0.1, -0.05) is 0 Å². The van der Waals surface area contributed by atoms with Crippen molar-refractivity contribution in [3.8, 4) is 0 Å². The monoisotopic (exact) mass is 253 g/mol. The van der Waals surface area contributed by atoms with E-state index >= 15 is 0 Å². The summed E-state index contributed by atoms with van der Waals surface area (Å²) in [6.07, 6.45) is 1.14. The van der Waals surface area contributed by atoms with Crippen molar-refractivity contribution in [3.63, 3.8) is 0 Å². The highest BCUT2D eigenvalue weighted by Gasteiger charge is 2.14. The predicted molar refractivity (Wildman–Crippen MR) is 69.1 cm³/mol. The molecule has 4 heteroatoms. The SMILES string of the molecule is O=C(CN1CCCSCC1)c1ccc(F)cc1. The molecule has 1 aliphatic rings. The van der Waals surface area contributed by atoms with Gasteiger partial charge in [-0.2, -0.15) is 11.8 Å². The fourth-order valence-electron chi connectivity index (χ4n) is 1.89. The molecule has 0 radical (unpaired) electrons. The van der Waals surface area contributed by atoms with Crippen molar-refractivity contribution >= 4 is 17.5 Å². The van der Waals surface area contributed by atoms with Crippen molar-refractivity contribution in [2.45, 2.75) is 6.42 Å². The van der Waals surface area contributed by atoms with Gasteiger partial charge in [-0.15, -0.1) is 0 Å².